The molecule has 0 unspecified atom stereocenters. The van der Waals surface area contributed by atoms with Crippen molar-refractivity contribution in [3.63, 3.8) is 0 Å². The molecule has 0 bridgehead atoms. The minimum Gasteiger partial charge on any atom is -0.360 e. The van der Waals surface area contributed by atoms with E-state index in [1.807, 2.05) is 0 Å². The van der Waals surface area contributed by atoms with Gasteiger partial charge in [-0.15, -0.1) is 0 Å². The van der Waals surface area contributed by atoms with Crippen molar-refractivity contribution in [1.82, 2.24) is 19.7 Å². The Labute approximate surface area is 149 Å². The number of nitrogens with one attached hydrogen (secondary N) is 1. The van der Waals surface area contributed by atoms with Crippen molar-refractivity contribution in [1.29, 1.82) is 0 Å². The van der Waals surface area contributed by atoms with Crippen LogP contribution >= 0.6 is 0 Å². The first-order valence-electron chi connectivity index (χ1n) is 8.13. The Hall–Kier alpha value is -2.52. The van der Waals surface area contributed by atoms with Crippen molar-refractivity contribution in [2.24, 2.45) is 0 Å². The first kappa shape index (κ1) is 16.9. The summed E-state index contributed by atoms with van der Waals surface area (Å²) in [5.74, 6) is -0.137. The van der Waals surface area contributed by atoms with Gasteiger partial charge in [0.1, 0.15) is 16.4 Å². The fourth-order valence-electron chi connectivity index (χ4n) is 3.32. The molecule has 0 saturated carbocycles. The van der Waals surface area contributed by atoms with Crippen molar-refractivity contribution >= 4 is 10.0 Å². The summed E-state index contributed by atoms with van der Waals surface area (Å²) < 4.78 is 46.7. The van der Waals surface area contributed by atoms with Crippen molar-refractivity contribution in [3.8, 4) is 11.3 Å². The first-order chi connectivity index (χ1) is 12.4. The smallest absolute Gasteiger partial charge is 0.248 e. The van der Waals surface area contributed by atoms with Crippen LogP contribution in [0.2, 0.25) is 0 Å². The van der Waals surface area contributed by atoms with E-state index in [0.717, 1.165) is 5.69 Å². The largest absolute Gasteiger partial charge is 0.360 e. The third kappa shape index (κ3) is 2.55. The monoisotopic (exact) mass is 376 g/mol. The second-order valence-corrected chi connectivity index (χ2v) is 8.13. The number of hydrogen-bond donors (Lipinski definition) is 1. The number of aromatic nitrogens is 3. The van der Waals surface area contributed by atoms with Gasteiger partial charge >= 0.3 is 0 Å². The van der Waals surface area contributed by atoms with Gasteiger partial charge in [0.05, 0.1) is 5.69 Å². The number of benzene rings is 1. The van der Waals surface area contributed by atoms with Gasteiger partial charge in [0, 0.05) is 36.3 Å². The molecule has 0 amide bonds. The Morgan fingerprint density at radius 3 is 2.73 bits per heavy atom. The number of hydrogen-bond acceptors (Lipinski definition) is 5. The molecule has 4 rings (SSSR count). The zero-order valence-electron chi connectivity index (χ0n) is 14.3. The molecule has 0 atom stereocenters. The van der Waals surface area contributed by atoms with Gasteiger partial charge in [-0.1, -0.05) is 17.3 Å². The van der Waals surface area contributed by atoms with Gasteiger partial charge < -0.3 is 4.52 Å². The van der Waals surface area contributed by atoms with Crippen LogP contribution in [0, 0.1) is 19.7 Å². The highest BCUT2D eigenvalue weighted by Crippen LogP contribution is 2.33. The van der Waals surface area contributed by atoms with Crippen LogP contribution in [0.1, 0.15) is 22.7 Å². The van der Waals surface area contributed by atoms with Crippen LogP contribution < -0.4 is 0 Å². The molecule has 1 aliphatic rings. The predicted octanol–water partition coefficient (Wildman–Crippen LogP) is 2.57. The van der Waals surface area contributed by atoms with E-state index < -0.39 is 15.8 Å². The van der Waals surface area contributed by atoms with E-state index >= 15 is 0 Å². The molecule has 2 aromatic heterocycles. The highest BCUT2D eigenvalue weighted by Gasteiger charge is 2.35. The van der Waals surface area contributed by atoms with Crippen molar-refractivity contribution in [3.05, 3.63) is 52.8 Å². The van der Waals surface area contributed by atoms with E-state index in [1.54, 1.807) is 32.0 Å². The molecule has 0 aliphatic carbocycles. The van der Waals surface area contributed by atoms with E-state index in [9.17, 15) is 12.8 Å². The molecule has 1 N–H and O–H groups in total. The van der Waals surface area contributed by atoms with E-state index in [0.29, 0.717) is 35.5 Å². The molecule has 9 heteroatoms. The molecule has 1 aliphatic heterocycles. The Balaban J connectivity index is 1.75. The normalized spacial score (nSPS) is 15.2. The van der Waals surface area contributed by atoms with Crippen LogP contribution in [0.25, 0.3) is 11.3 Å². The molecule has 3 heterocycles. The van der Waals surface area contributed by atoms with Crippen molar-refractivity contribution in [2.45, 2.75) is 31.7 Å². The van der Waals surface area contributed by atoms with Gasteiger partial charge in [-0.2, -0.15) is 9.40 Å². The van der Waals surface area contributed by atoms with Crippen LogP contribution in [-0.4, -0.2) is 34.6 Å². The maximum absolute atomic E-state index is 14.2. The van der Waals surface area contributed by atoms with Gasteiger partial charge in [0.25, 0.3) is 0 Å². The number of H-pyrrole nitrogens is 1. The highest BCUT2D eigenvalue weighted by molar-refractivity contribution is 7.89. The molecule has 0 fully saturated rings. The number of rotatable bonds is 3. The Bertz CT molecular complexity index is 1070. The molecule has 0 radical (unpaired) electrons. The number of sulfonamides is 1. The molecule has 26 heavy (non-hydrogen) atoms. The summed E-state index contributed by atoms with van der Waals surface area (Å²) in [5, 5.41) is 10.9. The third-order valence-electron chi connectivity index (χ3n) is 4.59. The lowest BCUT2D eigenvalue weighted by Gasteiger charge is -2.26. The Morgan fingerprint density at radius 1 is 1.27 bits per heavy atom. The fourth-order valence-corrected chi connectivity index (χ4v) is 5.02. The Morgan fingerprint density at radius 2 is 2.04 bits per heavy atom. The molecule has 1 aromatic carbocycles. The zero-order chi connectivity index (χ0) is 18.5. The van der Waals surface area contributed by atoms with E-state index in [4.69, 9.17) is 4.52 Å². The minimum absolute atomic E-state index is 0.0943. The van der Waals surface area contributed by atoms with Gasteiger partial charge in [-0.05, 0) is 26.0 Å². The lowest BCUT2D eigenvalue weighted by molar-refractivity contribution is 0.381. The van der Waals surface area contributed by atoms with E-state index in [-0.39, 0.29) is 17.2 Å². The van der Waals surface area contributed by atoms with Crippen LogP contribution in [-0.2, 0) is 23.0 Å². The second-order valence-electron chi connectivity index (χ2n) is 6.25. The number of halogens is 1. The summed E-state index contributed by atoms with van der Waals surface area (Å²) in [7, 11) is -3.77. The minimum atomic E-state index is -3.77. The summed E-state index contributed by atoms with van der Waals surface area (Å²) in [5.41, 5.74) is 2.64. The van der Waals surface area contributed by atoms with Gasteiger partial charge in [0.2, 0.25) is 10.0 Å². The summed E-state index contributed by atoms with van der Waals surface area (Å²) in [4.78, 5) is 0.0943. The lowest BCUT2D eigenvalue weighted by atomic mass is 10.0. The maximum atomic E-state index is 14.2. The van der Waals surface area contributed by atoms with Gasteiger partial charge in [0.15, 0.2) is 5.76 Å². The molecule has 7 nitrogen and oxygen atoms in total. The molecule has 136 valence electrons. The van der Waals surface area contributed by atoms with E-state index in [2.05, 4.69) is 15.4 Å². The molecule has 3 aromatic rings. The lowest BCUT2D eigenvalue weighted by Crippen LogP contribution is -2.36. The zero-order valence-corrected chi connectivity index (χ0v) is 15.1. The average Bonchev–Trinajstić information content (AvgIpc) is 3.18. The SMILES string of the molecule is Cc1noc(C)c1S(=O)(=O)N1CCc2[nH]nc(-c3ccccc3F)c2C1. The Kier molecular flexibility index (Phi) is 3.92. The molecule has 0 spiro atoms. The van der Waals surface area contributed by atoms with Crippen LogP contribution in [0.4, 0.5) is 4.39 Å². The van der Waals surface area contributed by atoms with Crippen LogP contribution in [0.15, 0.2) is 33.7 Å². The molecular weight excluding hydrogens is 359 g/mol. The van der Waals surface area contributed by atoms with E-state index in [1.165, 1.54) is 10.4 Å². The number of fused-ring (bicyclic) bond motifs is 1. The summed E-state index contributed by atoms with van der Waals surface area (Å²) >= 11 is 0. The number of nitrogens with zero attached hydrogens (tertiary/aromatic N) is 3. The molecule has 0 saturated heterocycles. The van der Waals surface area contributed by atoms with Crippen molar-refractivity contribution < 1.29 is 17.3 Å². The average molecular weight is 376 g/mol. The third-order valence-corrected chi connectivity index (χ3v) is 6.68. The van der Waals surface area contributed by atoms with Crippen LogP contribution in [0.5, 0.6) is 0 Å². The standard InChI is InChI=1S/C17H17FN4O3S/c1-10-17(11(2)25-21-10)26(23,24)22-8-7-15-13(9-22)16(20-19-15)12-5-3-4-6-14(12)18/h3-6H,7-9H2,1-2H3,(H,19,20). The van der Waals surface area contributed by atoms with Gasteiger partial charge in [-0.3, -0.25) is 5.10 Å². The summed E-state index contributed by atoms with van der Waals surface area (Å²) in [6, 6.07) is 6.32. The summed E-state index contributed by atoms with van der Waals surface area (Å²) in [6.07, 6.45) is 0.472. The predicted molar refractivity (Wildman–Crippen MR) is 91.3 cm³/mol. The first-order valence-corrected chi connectivity index (χ1v) is 9.57. The van der Waals surface area contributed by atoms with Gasteiger partial charge in [-0.25, -0.2) is 12.8 Å². The molecular formula is C17H17FN4O3S. The highest BCUT2D eigenvalue weighted by atomic mass is 32.2. The number of aryl methyl sites for hydroxylation is 2. The number of aromatic amines is 1. The topological polar surface area (TPSA) is 92.1 Å². The fraction of sp³-hybridized carbons (Fsp3) is 0.294. The maximum Gasteiger partial charge on any atom is 0.248 e. The second kappa shape index (κ2) is 6.03. The quantitative estimate of drug-likeness (QED) is 0.758. The van der Waals surface area contributed by atoms with Crippen molar-refractivity contribution in [2.75, 3.05) is 6.54 Å². The summed E-state index contributed by atoms with van der Waals surface area (Å²) in [6.45, 7) is 3.59. The van der Waals surface area contributed by atoms with Crippen LogP contribution in [0.3, 0.4) is 0 Å².